The molecule has 1 fully saturated rings. The van der Waals surface area contributed by atoms with Crippen molar-refractivity contribution in [1.29, 1.82) is 0 Å². The molecule has 6 nitrogen and oxygen atoms in total. The Morgan fingerprint density at radius 1 is 1.35 bits per heavy atom. The molecule has 0 radical (unpaired) electrons. The van der Waals surface area contributed by atoms with Gasteiger partial charge < -0.3 is 19.5 Å². The lowest BCUT2D eigenvalue weighted by Gasteiger charge is -2.21. The fourth-order valence-corrected chi connectivity index (χ4v) is 2.81. The summed E-state index contributed by atoms with van der Waals surface area (Å²) in [4.78, 5) is 4.16. The number of nitrogens with one attached hydrogen (secondary N) is 1. The summed E-state index contributed by atoms with van der Waals surface area (Å²) in [6.45, 7) is 4.17. The minimum absolute atomic E-state index is 0.473. The molecule has 0 spiro atoms. The Balaban J connectivity index is 1.47. The third-order valence-electron chi connectivity index (χ3n) is 4.38. The van der Waals surface area contributed by atoms with Crippen LogP contribution in [0.4, 0.5) is 0 Å². The van der Waals surface area contributed by atoms with Crippen molar-refractivity contribution in [3.8, 4) is 23.2 Å². The molecule has 1 aromatic carbocycles. The SMILES string of the molecule is C[C@H](O)c1nccn1Cc1cc(-c2ccc(C#CC3CNC3)cc2)on1. The molecule has 0 saturated carbocycles. The molecule has 0 amide bonds. The molecular formula is C20H20N4O2. The fraction of sp³-hybridized carbons (Fsp3) is 0.300. The van der Waals surface area contributed by atoms with Gasteiger partial charge in [0.15, 0.2) is 5.76 Å². The van der Waals surface area contributed by atoms with E-state index in [4.69, 9.17) is 4.52 Å². The first-order valence-corrected chi connectivity index (χ1v) is 8.66. The summed E-state index contributed by atoms with van der Waals surface area (Å²) in [5.74, 6) is 8.26. The van der Waals surface area contributed by atoms with Crippen molar-refractivity contribution >= 4 is 0 Å². The molecule has 0 unspecified atom stereocenters. The van der Waals surface area contributed by atoms with Crippen LogP contribution in [0.25, 0.3) is 11.3 Å². The van der Waals surface area contributed by atoms with Gasteiger partial charge in [-0.15, -0.1) is 0 Å². The maximum absolute atomic E-state index is 9.74. The summed E-state index contributed by atoms with van der Waals surface area (Å²) < 4.78 is 7.34. The van der Waals surface area contributed by atoms with E-state index < -0.39 is 6.10 Å². The Hall–Kier alpha value is -2.88. The number of aliphatic hydroxyl groups excluding tert-OH is 1. The molecule has 0 bridgehead atoms. The smallest absolute Gasteiger partial charge is 0.167 e. The van der Waals surface area contributed by atoms with Crippen molar-refractivity contribution in [3.63, 3.8) is 0 Å². The Labute approximate surface area is 151 Å². The highest BCUT2D eigenvalue weighted by Gasteiger charge is 2.13. The van der Waals surface area contributed by atoms with Crippen molar-refractivity contribution < 1.29 is 9.63 Å². The topological polar surface area (TPSA) is 76.1 Å². The molecule has 1 aliphatic heterocycles. The van der Waals surface area contributed by atoms with Crippen LogP contribution in [-0.4, -0.2) is 32.9 Å². The van der Waals surface area contributed by atoms with Gasteiger partial charge in [-0.25, -0.2) is 4.98 Å². The van der Waals surface area contributed by atoms with Crippen LogP contribution in [0.1, 0.15) is 30.1 Å². The summed E-state index contributed by atoms with van der Waals surface area (Å²) >= 11 is 0. The lowest BCUT2D eigenvalue weighted by Crippen LogP contribution is -2.40. The minimum Gasteiger partial charge on any atom is -0.385 e. The van der Waals surface area contributed by atoms with Crippen LogP contribution in [-0.2, 0) is 6.54 Å². The standard InChI is InChI=1S/C20H20N4O2/c1-14(25)20-22-8-9-24(20)13-18-10-19(26-23-18)17-6-4-15(5-7-17)2-3-16-11-21-12-16/h4-10,14,16,21,25H,11-13H2,1H3/t14-/m0/s1. The quantitative estimate of drug-likeness (QED) is 0.707. The molecular weight excluding hydrogens is 328 g/mol. The molecule has 6 heteroatoms. The largest absolute Gasteiger partial charge is 0.385 e. The molecule has 3 aromatic rings. The normalized spacial score (nSPS) is 15.2. The number of aliphatic hydroxyl groups is 1. The van der Waals surface area contributed by atoms with E-state index in [0.29, 0.717) is 24.0 Å². The summed E-state index contributed by atoms with van der Waals surface area (Å²) in [5, 5.41) is 17.1. The molecule has 26 heavy (non-hydrogen) atoms. The first kappa shape index (κ1) is 16.6. The van der Waals surface area contributed by atoms with E-state index in [1.54, 1.807) is 13.1 Å². The highest BCUT2D eigenvalue weighted by atomic mass is 16.5. The van der Waals surface area contributed by atoms with Gasteiger partial charge in [-0.1, -0.05) is 17.0 Å². The zero-order chi connectivity index (χ0) is 17.9. The molecule has 2 aromatic heterocycles. The van der Waals surface area contributed by atoms with Gasteiger partial charge in [0.1, 0.15) is 17.6 Å². The number of aromatic nitrogens is 3. The van der Waals surface area contributed by atoms with Crippen molar-refractivity contribution in [2.75, 3.05) is 13.1 Å². The summed E-state index contributed by atoms with van der Waals surface area (Å²) in [6, 6.07) is 9.89. The predicted octanol–water partition coefficient (Wildman–Crippen LogP) is 2.21. The zero-order valence-corrected chi connectivity index (χ0v) is 14.5. The van der Waals surface area contributed by atoms with Crippen LogP contribution in [0, 0.1) is 17.8 Å². The number of imidazole rings is 1. The van der Waals surface area contributed by atoms with Crippen molar-refractivity contribution in [1.82, 2.24) is 20.0 Å². The molecule has 1 saturated heterocycles. The Bertz CT molecular complexity index is 940. The Morgan fingerprint density at radius 3 is 2.85 bits per heavy atom. The average molecular weight is 348 g/mol. The number of nitrogens with zero attached hydrogens (tertiary/aromatic N) is 3. The molecule has 1 atom stereocenters. The number of benzene rings is 1. The van der Waals surface area contributed by atoms with Gasteiger partial charge >= 0.3 is 0 Å². The van der Waals surface area contributed by atoms with Crippen LogP contribution in [0.5, 0.6) is 0 Å². The number of hydrogen-bond donors (Lipinski definition) is 2. The first-order valence-electron chi connectivity index (χ1n) is 8.66. The lowest BCUT2D eigenvalue weighted by molar-refractivity contribution is 0.184. The Kier molecular flexibility index (Phi) is 4.57. The maximum atomic E-state index is 9.74. The van der Waals surface area contributed by atoms with E-state index in [2.05, 4.69) is 27.3 Å². The van der Waals surface area contributed by atoms with Crippen LogP contribution in [0.15, 0.2) is 47.2 Å². The van der Waals surface area contributed by atoms with Gasteiger partial charge in [-0.3, -0.25) is 0 Å². The third-order valence-corrected chi connectivity index (χ3v) is 4.38. The van der Waals surface area contributed by atoms with Gasteiger partial charge in [-0.05, 0) is 31.2 Å². The lowest BCUT2D eigenvalue weighted by atomic mass is 10.0. The van der Waals surface area contributed by atoms with E-state index >= 15 is 0 Å². The summed E-state index contributed by atoms with van der Waals surface area (Å²) in [6.07, 6.45) is 2.87. The molecule has 132 valence electrons. The van der Waals surface area contributed by atoms with Gasteiger partial charge in [0.25, 0.3) is 0 Å². The van der Waals surface area contributed by atoms with Gasteiger partial charge in [0, 0.05) is 48.6 Å². The van der Waals surface area contributed by atoms with Crippen LogP contribution in [0.3, 0.4) is 0 Å². The van der Waals surface area contributed by atoms with Gasteiger partial charge in [0.2, 0.25) is 0 Å². The van der Waals surface area contributed by atoms with E-state index in [1.807, 2.05) is 41.1 Å². The number of hydrogen-bond acceptors (Lipinski definition) is 5. The van der Waals surface area contributed by atoms with E-state index in [-0.39, 0.29) is 0 Å². The van der Waals surface area contributed by atoms with E-state index in [9.17, 15) is 5.11 Å². The predicted molar refractivity (Wildman–Crippen MR) is 97.1 cm³/mol. The second kappa shape index (κ2) is 7.16. The minimum atomic E-state index is -0.624. The van der Waals surface area contributed by atoms with Gasteiger partial charge in [0.05, 0.1) is 6.54 Å². The molecule has 1 aliphatic rings. The number of rotatable bonds is 4. The molecule has 2 N–H and O–H groups in total. The summed E-state index contributed by atoms with van der Waals surface area (Å²) in [7, 11) is 0. The second-order valence-corrected chi connectivity index (χ2v) is 6.47. The van der Waals surface area contributed by atoms with Crippen molar-refractivity contribution in [3.05, 3.63) is 59.8 Å². The summed E-state index contributed by atoms with van der Waals surface area (Å²) in [5.41, 5.74) is 2.74. The average Bonchev–Trinajstić information content (AvgIpc) is 3.24. The first-order chi connectivity index (χ1) is 12.7. The monoisotopic (exact) mass is 348 g/mol. The Morgan fingerprint density at radius 2 is 2.15 bits per heavy atom. The van der Waals surface area contributed by atoms with Crippen LogP contribution < -0.4 is 5.32 Å². The van der Waals surface area contributed by atoms with Crippen LogP contribution in [0.2, 0.25) is 0 Å². The molecule has 3 heterocycles. The van der Waals surface area contributed by atoms with Crippen molar-refractivity contribution in [2.45, 2.75) is 19.6 Å². The van der Waals surface area contributed by atoms with Crippen LogP contribution >= 0.6 is 0 Å². The molecule has 4 rings (SSSR count). The second-order valence-electron chi connectivity index (χ2n) is 6.47. The third kappa shape index (κ3) is 3.54. The highest BCUT2D eigenvalue weighted by Crippen LogP contribution is 2.22. The van der Waals surface area contributed by atoms with Crippen molar-refractivity contribution in [2.24, 2.45) is 5.92 Å². The fourth-order valence-electron chi connectivity index (χ4n) is 2.81. The zero-order valence-electron chi connectivity index (χ0n) is 14.5. The van der Waals surface area contributed by atoms with E-state index in [1.165, 1.54) is 0 Å². The van der Waals surface area contributed by atoms with Gasteiger partial charge in [-0.2, -0.15) is 0 Å². The highest BCUT2D eigenvalue weighted by molar-refractivity contribution is 5.59. The maximum Gasteiger partial charge on any atom is 0.167 e. The molecule has 0 aliphatic carbocycles. The van der Waals surface area contributed by atoms with E-state index in [0.717, 1.165) is 29.9 Å².